The topological polar surface area (TPSA) is 110 Å². The van der Waals surface area contributed by atoms with Crippen LogP contribution in [-0.4, -0.2) is 63.4 Å². The van der Waals surface area contributed by atoms with E-state index in [1.807, 2.05) is 36.5 Å². The Labute approximate surface area is 231 Å². The number of ether oxygens (including phenoxy) is 1. The Hall–Kier alpha value is -3.18. The molecule has 2 bridgehead atoms. The van der Waals surface area contributed by atoms with Gasteiger partial charge in [-0.05, 0) is 44.7 Å². The lowest BCUT2D eigenvalue weighted by atomic mass is 9.96. The van der Waals surface area contributed by atoms with Crippen LogP contribution in [0.5, 0.6) is 0 Å². The van der Waals surface area contributed by atoms with E-state index in [4.69, 9.17) is 25.0 Å². The smallest absolute Gasteiger partial charge is 0.227 e. The van der Waals surface area contributed by atoms with Gasteiger partial charge in [-0.25, -0.2) is 15.0 Å². The monoisotopic (exact) mass is 542 g/mol. The number of nitrogens with zero attached hydrogens (tertiary/aromatic N) is 6. The fraction of sp³-hybridized carbons (Fsp3) is 0.448. The number of piperazine rings is 1. The van der Waals surface area contributed by atoms with E-state index in [0.29, 0.717) is 23.8 Å². The lowest BCUT2D eigenvalue weighted by Gasteiger charge is -2.35. The standard InChI is InChI=1S/C29H32N7O2S/c1-29(2,37)19-5-3-4-18(10-19)27-32-23-13-25(31-15-24(23)39-27)34-26-12-22(17-6-8-38-9-7-17)33-28(35-26)36-16-20-11-21(36)14-30-20/h3-5,10,12-13,15,17,20-21,37H,6-9,11,14,16H2,1-2H3,(H,31,33,34,35)/q-1/t20-,21-/m0/s1. The zero-order chi connectivity index (χ0) is 26.6. The molecule has 2 atom stereocenters. The molecule has 10 heteroatoms. The van der Waals surface area contributed by atoms with Crippen LogP contribution in [0.2, 0.25) is 0 Å². The summed E-state index contributed by atoms with van der Waals surface area (Å²) in [5.41, 5.74) is 2.88. The highest BCUT2D eigenvalue weighted by molar-refractivity contribution is 7.21. The summed E-state index contributed by atoms with van der Waals surface area (Å²) in [6.45, 7) is 6.87. The van der Waals surface area contributed by atoms with Crippen LogP contribution in [0, 0.1) is 0 Å². The molecule has 0 unspecified atom stereocenters. The van der Waals surface area contributed by atoms with Crippen molar-refractivity contribution in [3.8, 4) is 10.6 Å². The Morgan fingerprint density at radius 3 is 2.74 bits per heavy atom. The molecule has 3 fully saturated rings. The Balaban J connectivity index is 1.19. The van der Waals surface area contributed by atoms with Gasteiger partial charge in [0.2, 0.25) is 5.95 Å². The normalized spacial score (nSPS) is 21.7. The van der Waals surface area contributed by atoms with Gasteiger partial charge in [0.15, 0.2) is 0 Å². The van der Waals surface area contributed by atoms with Crippen molar-refractivity contribution in [1.82, 2.24) is 19.9 Å². The maximum Gasteiger partial charge on any atom is 0.227 e. The molecule has 3 aromatic heterocycles. The van der Waals surface area contributed by atoms with Crippen molar-refractivity contribution in [2.24, 2.45) is 0 Å². The van der Waals surface area contributed by atoms with Gasteiger partial charge in [-0.15, -0.1) is 23.9 Å². The van der Waals surface area contributed by atoms with Crippen molar-refractivity contribution in [1.29, 1.82) is 0 Å². The molecule has 0 aliphatic carbocycles. The number of nitrogens with one attached hydrogen (secondary N) is 1. The van der Waals surface area contributed by atoms with Crippen LogP contribution in [0.25, 0.3) is 26.1 Å². The van der Waals surface area contributed by atoms with Gasteiger partial charge >= 0.3 is 0 Å². The number of thiazole rings is 1. The minimum Gasteiger partial charge on any atom is -0.656 e. The van der Waals surface area contributed by atoms with Crippen LogP contribution in [0.15, 0.2) is 42.6 Å². The van der Waals surface area contributed by atoms with Gasteiger partial charge in [-0.1, -0.05) is 18.2 Å². The van der Waals surface area contributed by atoms with Gasteiger partial charge in [0.1, 0.15) is 16.6 Å². The SMILES string of the molecule is CC(C)(O)c1cccc(-c2nc3cc(Nc4cc(C5CCOCC5)nc(N5C[C@@H]6C[C@H]5C[N-]6)n4)ncc3s2)c1. The van der Waals surface area contributed by atoms with Gasteiger partial charge in [0, 0.05) is 55.6 Å². The fourth-order valence-corrected chi connectivity index (χ4v) is 6.66. The molecule has 0 radical (unpaired) electrons. The Morgan fingerprint density at radius 1 is 1.10 bits per heavy atom. The van der Waals surface area contributed by atoms with Crippen molar-refractivity contribution in [3.63, 3.8) is 0 Å². The van der Waals surface area contributed by atoms with E-state index in [0.717, 1.165) is 89.4 Å². The van der Waals surface area contributed by atoms with Gasteiger partial charge in [0.05, 0.1) is 21.5 Å². The molecule has 3 saturated heterocycles. The second-order valence-electron chi connectivity index (χ2n) is 11.2. The van der Waals surface area contributed by atoms with Gasteiger partial charge in [0.25, 0.3) is 0 Å². The van der Waals surface area contributed by atoms with E-state index >= 15 is 0 Å². The number of aromatic nitrogens is 4. The average molecular weight is 543 g/mol. The maximum absolute atomic E-state index is 10.4. The van der Waals surface area contributed by atoms with E-state index in [-0.39, 0.29) is 0 Å². The molecule has 0 spiro atoms. The zero-order valence-corrected chi connectivity index (χ0v) is 23.0. The lowest BCUT2D eigenvalue weighted by Crippen LogP contribution is -2.36. The molecule has 9 nitrogen and oxygen atoms in total. The number of rotatable bonds is 6. The van der Waals surface area contributed by atoms with E-state index in [2.05, 4.69) is 21.3 Å². The number of pyridine rings is 1. The van der Waals surface area contributed by atoms with Crippen molar-refractivity contribution in [2.45, 2.75) is 56.7 Å². The molecule has 39 heavy (non-hydrogen) atoms. The largest absolute Gasteiger partial charge is 0.656 e. The van der Waals surface area contributed by atoms with Gasteiger partial charge < -0.3 is 25.4 Å². The van der Waals surface area contributed by atoms with Crippen LogP contribution in [0.3, 0.4) is 0 Å². The highest BCUT2D eigenvalue weighted by Crippen LogP contribution is 2.37. The van der Waals surface area contributed by atoms with Crippen molar-refractivity contribution >= 4 is 39.1 Å². The van der Waals surface area contributed by atoms with Gasteiger partial charge in [-0.3, -0.25) is 0 Å². The van der Waals surface area contributed by atoms with Gasteiger partial charge in [-0.2, -0.15) is 4.98 Å². The zero-order valence-electron chi connectivity index (χ0n) is 22.2. The number of hydrogen-bond donors (Lipinski definition) is 2. The van der Waals surface area contributed by atoms with E-state index in [9.17, 15) is 5.11 Å². The van der Waals surface area contributed by atoms with Crippen LogP contribution in [-0.2, 0) is 10.3 Å². The highest BCUT2D eigenvalue weighted by Gasteiger charge is 2.33. The van der Waals surface area contributed by atoms with E-state index < -0.39 is 5.60 Å². The molecule has 2 N–H and O–H groups in total. The minimum atomic E-state index is -0.908. The number of hydrogen-bond acceptors (Lipinski definition) is 9. The highest BCUT2D eigenvalue weighted by atomic mass is 32.1. The Kier molecular flexibility index (Phi) is 6.23. The minimum absolute atomic E-state index is 0.363. The molecule has 0 amide bonds. The fourth-order valence-electron chi connectivity index (χ4n) is 5.75. The van der Waals surface area contributed by atoms with E-state index in [1.165, 1.54) is 0 Å². The van der Waals surface area contributed by atoms with Crippen LogP contribution in [0.1, 0.15) is 50.3 Å². The molecule has 6 heterocycles. The third kappa shape index (κ3) is 4.98. The molecular formula is C29H32N7O2S-. The summed E-state index contributed by atoms with van der Waals surface area (Å²) in [5, 5.41) is 19.5. The van der Waals surface area contributed by atoms with Crippen LogP contribution < -0.4 is 10.2 Å². The Morgan fingerprint density at radius 2 is 1.97 bits per heavy atom. The second kappa shape index (κ2) is 9.78. The Bertz CT molecular complexity index is 1510. The first-order chi connectivity index (χ1) is 18.9. The van der Waals surface area contributed by atoms with Crippen LogP contribution in [0.4, 0.5) is 17.6 Å². The summed E-state index contributed by atoms with van der Waals surface area (Å²) in [5.74, 6) is 2.60. The first-order valence-electron chi connectivity index (χ1n) is 13.7. The number of anilines is 3. The van der Waals surface area contributed by atoms with Crippen molar-refractivity contribution < 1.29 is 9.84 Å². The molecule has 7 rings (SSSR count). The lowest BCUT2D eigenvalue weighted by molar-refractivity contribution is 0.0786. The molecule has 3 aliphatic heterocycles. The molecule has 202 valence electrons. The molecule has 1 aromatic carbocycles. The first kappa shape index (κ1) is 24.8. The van der Waals surface area contributed by atoms with Crippen LogP contribution >= 0.6 is 11.3 Å². The van der Waals surface area contributed by atoms with Crippen molar-refractivity contribution in [2.75, 3.05) is 36.5 Å². The maximum atomic E-state index is 10.4. The number of benzene rings is 1. The molecular weight excluding hydrogens is 510 g/mol. The third-order valence-electron chi connectivity index (χ3n) is 7.94. The summed E-state index contributed by atoms with van der Waals surface area (Å²) < 4.78 is 6.61. The molecule has 4 aromatic rings. The van der Waals surface area contributed by atoms with Crippen molar-refractivity contribution in [3.05, 3.63) is 59.2 Å². The summed E-state index contributed by atoms with van der Waals surface area (Å²) in [6.07, 6.45) is 4.90. The number of fused-ring (bicyclic) bond motifs is 3. The summed E-state index contributed by atoms with van der Waals surface area (Å²) in [7, 11) is 0. The predicted octanol–water partition coefficient (Wildman–Crippen LogP) is 5.35. The number of aliphatic hydroxyl groups is 1. The average Bonchev–Trinajstić information content (AvgIpc) is 3.69. The summed E-state index contributed by atoms with van der Waals surface area (Å²) in [6, 6.07) is 12.8. The second-order valence-corrected chi connectivity index (χ2v) is 12.3. The summed E-state index contributed by atoms with van der Waals surface area (Å²) >= 11 is 1.60. The predicted molar refractivity (Wildman–Crippen MR) is 154 cm³/mol. The first-order valence-corrected chi connectivity index (χ1v) is 14.5. The summed E-state index contributed by atoms with van der Waals surface area (Å²) in [4.78, 5) is 21.9. The molecule has 0 saturated carbocycles. The van der Waals surface area contributed by atoms with E-state index in [1.54, 1.807) is 25.2 Å². The third-order valence-corrected chi connectivity index (χ3v) is 9.00. The molecule has 3 aliphatic rings. The quantitative estimate of drug-likeness (QED) is 0.336.